The molecule has 0 unspecified atom stereocenters. The Morgan fingerprint density at radius 1 is 1.31 bits per heavy atom. The van der Waals surface area contributed by atoms with E-state index in [2.05, 4.69) is 48.6 Å². The lowest BCUT2D eigenvalue weighted by Crippen LogP contribution is -2.17. The van der Waals surface area contributed by atoms with Crippen molar-refractivity contribution in [2.24, 2.45) is 5.92 Å². The monoisotopic (exact) mass is 218 g/mol. The molecule has 0 amide bonds. The molecule has 2 rings (SSSR count). The number of rotatable bonds is 5. The van der Waals surface area contributed by atoms with Gasteiger partial charge in [-0.25, -0.2) is 0 Å². The minimum Gasteiger partial charge on any atom is -0.361 e. The second kappa shape index (κ2) is 5.14. The van der Waals surface area contributed by atoms with Gasteiger partial charge in [-0.2, -0.15) is 5.48 Å². The fourth-order valence-corrected chi connectivity index (χ4v) is 1.66. The number of aromatic amines is 1. The van der Waals surface area contributed by atoms with Gasteiger partial charge in [-0.3, -0.25) is 0 Å². The van der Waals surface area contributed by atoms with Crippen LogP contribution in [0, 0.1) is 5.92 Å². The maximum Gasteiger partial charge on any atom is 0.0705 e. The maximum absolute atomic E-state index is 5.36. The van der Waals surface area contributed by atoms with Gasteiger partial charge < -0.3 is 9.82 Å². The molecule has 0 spiro atoms. The Morgan fingerprint density at radius 3 is 3.00 bits per heavy atom. The first kappa shape index (κ1) is 11.2. The first-order valence-corrected chi connectivity index (χ1v) is 5.67. The highest BCUT2D eigenvalue weighted by Crippen LogP contribution is 2.16. The van der Waals surface area contributed by atoms with Gasteiger partial charge in [0.1, 0.15) is 0 Å². The van der Waals surface area contributed by atoms with Crippen LogP contribution < -0.4 is 5.48 Å². The topological polar surface area (TPSA) is 37.0 Å². The highest BCUT2D eigenvalue weighted by molar-refractivity contribution is 5.82. The molecule has 0 saturated carbocycles. The van der Waals surface area contributed by atoms with Crippen LogP contribution in [0.5, 0.6) is 0 Å². The van der Waals surface area contributed by atoms with E-state index in [4.69, 9.17) is 4.84 Å². The van der Waals surface area contributed by atoms with Gasteiger partial charge >= 0.3 is 0 Å². The summed E-state index contributed by atoms with van der Waals surface area (Å²) >= 11 is 0. The fraction of sp³-hybridized carbons (Fsp3) is 0.385. The van der Waals surface area contributed by atoms with Crippen molar-refractivity contribution in [1.82, 2.24) is 10.5 Å². The molecule has 0 atom stereocenters. The van der Waals surface area contributed by atoms with Gasteiger partial charge in [-0.05, 0) is 23.6 Å². The average Bonchev–Trinajstić information content (AvgIpc) is 2.72. The number of fused-ring (bicyclic) bond motifs is 1. The lowest BCUT2D eigenvalue weighted by atomic mass is 10.1. The smallest absolute Gasteiger partial charge is 0.0705 e. The number of hydrogen-bond acceptors (Lipinski definition) is 2. The van der Waals surface area contributed by atoms with Gasteiger partial charge in [0.05, 0.1) is 6.61 Å². The van der Waals surface area contributed by atoms with Gasteiger partial charge in [0, 0.05) is 23.6 Å². The quantitative estimate of drug-likeness (QED) is 0.598. The van der Waals surface area contributed by atoms with Crippen molar-refractivity contribution in [1.29, 1.82) is 0 Å². The zero-order valence-corrected chi connectivity index (χ0v) is 9.79. The van der Waals surface area contributed by atoms with Gasteiger partial charge in [0.2, 0.25) is 0 Å². The number of H-pyrrole nitrogens is 1. The van der Waals surface area contributed by atoms with Crippen LogP contribution in [0.2, 0.25) is 0 Å². The van der Waals surface area contributed by atoms with Crippen LogP contribution in [-0.2, 0) is 11.4 Å². The predicted octanol–water partition coefficient (Wildman–Crippen LogP) is 2.85. The van der Waals surface area contributed by atoms with Crippen molar-refractivity contribution in [3.8, 4) is 0 Å². The molecular formula is C13H18N2O. The molecule has 0 bridgehead atoms. The zero-order valence-electron chi connectivity index (χ0n) is 9.79. The summed E-state index contributed by atoms with van der Waals surface area (Å²) in [5.74, 6) is 0.551. The van der Waals surface area contributed by atoms with E-state index in [1.165, 1.54) is 16.5 Å². The van der Waals surface area contributed by atoms with Crippen LogP contribution in [0.4, 0.5) is 0 Å². The van der Waals surface area contributed by atoms with Crippen molar-refractivity contribution in [2.75, 3.05) is 6.61 Å². The molecule has 0 aliphatic heterocycles. The number of nitrogens with one attached hydrogen (secondary N) is 2. The van der Waals surface area contributed by atoms with E-state index in [0.29, 0.717) is 5.92 Å². The third kappa shape index (κ3) is 2.62. The third-order valence-corrected chi connectivity index (χ3v) is 2.47. The molecule has 0 aliphatic rings. The molecule has 1 aromatic heterocycles. The molecule has 2 aromatic rings. The van der Waals surface area contributed by atoms with Crippen molar-refractivity contribution in [3.05, 3.63) is 36.0 Å². The molecule has 3 nitrogen and oxygen atoms in total. The summed E-state index contributed by atoms with van der Waals surface area (Å²) in [7, 11) is 0. The Hall–Kier alpha value is -1.32. The Kier molecular flexibility index (Phi) is 3.59. The summed E-state index contributed by atoms with van der Waals surface area (Å²) in [6.07, 6.45) is 1.96. The van der Waals surface area contributed by atoms with Crippen LogP contribution >= 0.6 is 0 Å². The molecule has 1 heterocycles. The maximum atomic E-state index is 5.36. The van der Waals surface area contributed by atoms with Crippen LogP contribution in [0.1, 0.15) is 19.4 Å². The molecule has 0 fully saturated rings. The Morgan fingerprint density at radius 2 is 2.19 bits per heavy atom. The second-order valence-electron chi connectivity index (χ2n) is 4.38. The van der Waals surface area contributed by atoms with Gasteiger partial charge in [-0.1, -0.05) is 26.0 Å². The number of hydroxylamine groups is 1. The van der Waals surface area contributed by atoms with E-state index in [9.17, 15) is 0 Å². The van der Waals surface area contributed by atoms with E-state index in [1.54, 1.807) is 0 Å². The normalized spacial score (nSPS) is 11.4. The lowest BCUT2D eigenvalue weighted by Gasteiger charge is -2.08. The largest absolute Gasteiger partial charge is 0.361 e. The van der Waals surface area contributed by atoms with Crippen molar-refractivity contribution in [3.63, 3.8) is 0 Å². The lowest BCUT2D eigenvalue weighted by molar-refractivity contribution is 0.0198. The number of benzene rings is 1. The van der Waals surface area contributed by atoms with E-state index < -0.39 is 0 Å². The summed E-state index contributed by atoms with van der Waals surface area (Å²) in [4.78, 5) is 8.56. The highest BCUT2D eigenvalue weighted by atomic mass is 16.6. The van der Waals surface area contributed by atoms with Crippen LogP contribution in [0.25, 0.3) is 10.9 Å². The second-order valence-corrected chi connectivity index (χ2v) is 4.38. The van der Waals surface area contributed by atoms with E-state index >= 15 is 0 Å². The fourth-order valence-electron chi connectivity index (χ4n) is 1.66. The molecule has 3 heteroatoms. The molecule has 0 saturated heterocycles. The number of aromatic nitrogens is 1. The van der Waals surface area contributed by atoms with Crippen molar-refractivity contribution in [2.45, 2.75) is 20.4 Å². The highest BCUT2D eigenvalue weighted by Gasteiger charge is 2.01. The van der Waals surface area contributed by atoms with Crippen LogP contribution in [-0.4, -0.2) is 11.6 Å². The summed E-state index contributed by atoms with van der Waals surface area (Å²) in [6.45, 7) is 5.74. The summed E-state index contributed by atoms with van der Waals surface area (Å²) in [6, 6.07) is 8.34. The van der Waals surface area contributed by atoms with Gasteiger partial charge in [0.25, 0.3) is 0 Å². The standard InChI is InChI=1S/C13H18N2O/c1-10(2)9-16-15-8-11-4-3-5-13-12(11)6-7-14-13/h3-7,10,14-15H,8-9H2,1-2H3. The molecule has 1 aromatic carbocycles. The summed E-state index contributed by atoms with van der Waals surface area (Å²) in [5, 5.41) is 1.25. The predicted molar refractivity (Wildman–Crippen MR) is 65.9 cm³/mol. The van der Waals surface area contributed by atoms with E-state index in [0.717, 1.165) is 13.2 Å². The molecule has 0 aliphatic carbocycles. The first-order valence-electron chi connectivity index (χ1n) is 5.67. The summed E-state index contributed by atoms with van der Waals surface area (Å²) in [5.41, 5.74) is 5.42. The molecule has 16 heavy (non-hydrogen) atoms. The van der Waals surface area contributed by atoms with E-state index in [1.807, 2.05) is 6.20 Å². The van der Waals surface area contributed by atoms with Gasteiger partial charge in [0.15, 0.2) is 0 Å². The SMILES string of the molecule is CC(C)CONCc1cccc2[nH]ccc12. The van der Waals surface area contributed by atoms with E-state index in [-0.39, 0.29) is 0 Å². The molecule has 0 radical (unpaired) electrons. The van der Waals surface area contributed by atoms with Crippen LogP contribution in [0.3, 0.4) is 0 Å². The Labute approximate surface area is 95.8 Å². The molecule has 86 valence electrons. The van der Waals surface area contributed by atoms with Crippen LogP contribution in [0.15, 0.2) is 30.5 Å². The minimum atomic E-state index is 0.551. The summed E-state index contributed by atoms with van der Waals surface area (Å²) < 4.78 is 0. The van der Waals surface area contributed by atoms with Crippen molar-refractivity contribution < 1.29 is 4.84 Å². The average molecular weight is 218 g/mol. The number of hydrogen-bond donors (Lipinski definition) is 2. The van der Waals surface area contributed by atoms with Gasteiger partial charge in [-0.15, -0.1) is 0 Å². The molecule has 2 N–H and O–H groups in total. The Balaban J connectivity index is 1.96. The molecular weight excluding hydrogens is 200 g/mol. The third-order valence-electron chi connectivity index (χ3n) is 2.47. The zero-order chi connectivity index (χ0) is 11.4. The Bertz CT molecular complexity index is 448. The minimum absolute atomic E-state index is 0.551. The van der Waals surface area contributed by atoms with Crippen molar-refractivity contribution >= 4 is 10.9 Å². The first-order chi connectivity index (χ1) is 7.77.